The van der Waals surface area contributed by atoms with Crippen LogP contribution in [0.15, 0.2) is 54.7 Å². The largest absolute Gasteiger partial charge is 0.347 e. The van der Waals surface area contributed by atoms with Crippen LogP contribution in [0, 0.1) is 6.92 Å². The summed E-state index contributed by atoms with van der Waals surface area (Å²) in [4.78, 5) is 20.8. The van der Waals surface area contributed by atoms with Gasteiger partial charge in [-0.05, 0) is 48.4 Å². The molecule has 0 aliphatic rings. The molecule has 1 heterocycles. The van der Waals surface area contributed by atoms with Crippen LogP contribution in [0.1, 0.15) is 21.6 Å². The molecule has 3 aromatic rings. The summed E-state index contributed by atoms with van der Waals surface area (Å²) in [5.41, 5.74) is 2.90. The molecule has 1 aromatic heterocycles. The van der Waals surface area contributed by atoms with E-state index in [2.05, 4.69) is 20.6 Å². The molecule has 26 heavy (non-hydrogen) atoms. The Morgan fingerprint density at radius 1 is 1.08 bits per heavy atom. The number of carbonyl (C=O) groups is 1. The summed E-state index contributed by atoms with van der Waals surface area (Å²) >= 11 is 12.0. The number of halogens is 2. The van der Waals surface area contributed by atoms with Crippen LogP contribution in [0.25, 0.3) is 0 Å². The Hall–Kier alpha value is -2.63. The second-order valence-corrected chi connectivity index (χ2v) is 6.46. The average molecular weight is 387 g/mol. The van der Waals surface area contributed by atoms with Crippen LogP contribution in [-0.4, -0.2) is 15.9 Å². The van der Waals surface area contributed by atoms with Crippen molar-refractivity contribution in [1.82, 2.24) is 15.3 Å². The van der Waals surface area contributed by atoms with Gasteiger partial charge in [0.15, 0.2) is 0 Å². The van der Waals surface area contributed by atoms with E-state index in [1.807, 2.05) is 37.3 Å². The molecule has 7 heteroatoms. The lowest BCUT2D eigenvalue weighted by Gasteiger charge is -2.10. The van der Waals surface area contributed by atoms with E-state index in [0.717, 1.165) is 16.8 Å². The van der Waals surface area contributed by atoms with E-state index in [-0.39, 0.29) is 11.6 Å². The topological polar surface area (TPSA) is 66.9 Å². The van der Waals surface area contributed by atoms with Gasteiger partial charge in [-0.25, -0.2) is 9.97 Å². The normalized spacial score (nSPS) is 10.4. The fraction of sp³-hybridized carbons (Fsp3) is 0.105. The van der Waals surface area contributed by atoms with Gasteiger partial charge in [0.05, 0.1) is 0 Å². The number of hydrogen-bond acceptors (Lipinski definition) is 4. The fourth-order valence-electron chi connectivity index (χ4n) is 2.28. The molecule has 0 saturated carbocycles. The van der Waals surface area contributed by atoms with Gasteiger partial charge >= 0.3 is 0 Å². The summed E-state index contributed by atoms with van der Waals surface area (Å²) in [6, 6.07) is 14.4. The van der Waals surface area contributed by atoms with E-state index in [0.29, 0.717) is 22.5 Å². The monoisotopic (exact) mass is 386 g/mol. The highest BCUT2D eigenvalue weighted by atomic mass is 35.5. The number of amides is 1. The van der Waals surface area contributed by atoms with Gasteiger partial charge in [0.1, 0.15) is 5.69 Å². The van der Waals surface area contributed by atoms with Gasteiger partial charge in [0.25, 0.3) is 5.91 Å². The molecule has 0 aliphatic heterocycles. The highest BCUT2D eigenvalue weighted by molar-refractivity contribution is 6.31. The van der Waals surface area contributed by atoms with Gasteiger partial charge in [-0.15, -0.1) is 0 Å². The van der Waals surface area contributed by atoms with Gasteiger partial charge in [-0.1, -0.05) is 41.4 Å². The second-order valence-electron chi connectivity index (χ2n) is 5.61. The van der Waals surface area contributed by atoms with Crippen molar-refractivity contribution >= 4 is 40.7 Å². The number of benzene rings is 2. The SMILES string of the molecule is Cc1c(Cl)cccc1Nc1nccc(C(=O)NCc2ccc(Cl)cc2)n1. The number of aromatic nitrogens is 2. The maximum atomic E-state index is 12.3. The van der Waals surface area contributed by atoms with Crippen molar-refractivity contribution in [1.29, 1.82) is 0 Å². The minimum Gasteiger partial charge on any atom is -0.347 e. The van der Waals surface area contributed by atoms with Crippen molar-refractivity contribution in [3.05, 3.63) is 81.6 Å². The Bertz CT molecular complexity index is 929. The van der Waals surface area contributed by atoms with Crippen molar-refractivity contribution in [2.24, 2.45) is 0 Å². The van der Waals surface area contributed by atoms with Crippen molar-refractivity contribution in [3.8, 4) is 0 Å². The molecule has 0 bridgehead atoms. The Labute approximate surface area is 161 Å². The summed E-state index contributed by atoms with van der Waals surface area (Å²) in [7, 11) is 0. The minimum atomic E-state index is -0.284. The number of carbonyl (C=O) groups excluding carboxylic acids is 1. The molecule has 0 radical (unpaired) electrons. The zero-order valence-corrected chi connectivity index (χ0v) is 15.5. The molecule has 0 unspecified atom stereocenters. The van der Waals surface area contributed by atoms with E-state index in [9.17, 15) is 4.79 Å². The molecule has 132 valence electrons. The highest BCUT2D eigenvalue weighted by Gasteiger charge is 2.10. The van der Waals surface area contributed by atoms with Crippen molar-refractivity contribution in [2.45, 2.75) is 13.5 Å². The van der Waals surface area contributed by atoms with E-state index >= 15 is 0 Å². The van der Waals surface area contributed by atoms with Gasteiger partial charge in [0.2, 0.25) is 5.95 Å². The molecule has 5 nitrogen and oxygen atoms in total. The van der Waals surface area contributed by atoms with Crippen molar-refractivity contribution in [3.63, 3.8) is 0 Å². The third kappa shape index (κ3) is 4.50. The molecule has 1 amide bonds. The second kappa shape index (κ2) is 8.17. The standard InChI is InChI=1S/C19H16Cl2N4O/c1-12-15(21)3-2-4-16(12)24-19-22-10-9-17(25-19)18(26)23-11-13-5-7-14(20)8-6-13/h2-10H,11H2,1H3,(H,23,26)(H,22,24,25). The van der Waals surface area contributed by atoms with E-state index in [1.54, 1.807) is 18.2 Å². The summed E-state index contributed by atoms with van der Waals surface area (Å²) in [6.45, 7) is 2.28. The van der Waals surface area contributed by atoms with Gasteiger partial charge in [0, 0.05) is 28.5 Å². The van der Waals surface area contributed by atoms with Crippen LogP contribution in [0.3, 0.4) is 0 Å². The molecule has 2 N–H and O–H groups in total. The average Bonchev–Trinajstić information content (AvgIpc) is 2.65. The molecule has 3 rings (SSSR count). The lowest BCUT2D eigenvalue weighted by Crippen LogP contribution is -2.24. The fourth-order valence-corrected chi connectivity index (χ4v) is 2.58. The zero-order valence-electron chi connectivity index (χ0n) is 14.0. The first kappa shape index (κ1) is 18.2. The third-order valence-corrected chi connectivity index (χ3v) is 4.43. The zero-order chi connectivity index (χ0) is 18.5. The Morgan fingerprint density at radius 2 is 1.85 bits per heavy atom. The van der Waals surface area contributed by atoms with Crippen molar-refractivity contribution in [2.75, 3.05) is 5.32 Å². The smallest absolute Gasteiger partial charge is 0.270 e. The van der Waals surface area contributed by atoms with Crippen LogP contribution in [0.4, 0.5) is 11.6 Å². The predicted molar refractivity (Wildman–Crippen MR) is 104 cm³/mol. The molecule has 2 aromatic carbocycles. The molecule has 0 spiro atoms. The first-order valence-corrected chi connectivity index (χ1v) is 8.66. The first-order valence-electron chi connectivity index (χ1n) is 7.91. The summed E-state index contributed by atoms with van der Waals surface area (Å²) in [5.74, 6) is 0.0442. The number of nitrogens with zero attached hydrogens (tertiary/aromatic N) is 2. The van der Waals surface area contributed by atoms with Gasteiger partial charge < -0.3 is 10.6 Å². The Kier molecular flexibility index (Phi) is 5.71. The Balaban J connectivity index is 1.69. The van der Waals surface area contributed by atoms with Gasteiger partial charge in [-0.3, -0.25) is 4.79 Å². The first-order chi connectivity index (χ1) is 12.5. The number of nitrogens with one attached hydrogen (secondary N) is 2. The summed E-state index contributed by atoms with van der Waals surface area (Å²) < 4.78 is 0. The van der Waals surface area contributed by atoms with E-state index < -0.39 is 0 Å². The van der Waals surface area contributed by atoms with E-state index in [4.69, 9.17) is 23.2 Å². The predicted octanol–water partition coefficient (Wildman–Crippen LogP) is 4.77. The van der Waals surface area contributed by atoms with Crippen LogP contribution in [0.2, 0.25) is 10.0 Å². The highest BCUT2D eigenvalue weighted by Crippen LogP contribution is 2.24. The van der Waals surface area contributed by atoms with Gasteiger partial charge in [-0.2, -0.15) is 0 Å². The molecule has 0 aliphatic carbocycles. The maximum Gasteiger partial charge on any atom is 0.270 e. The number of hydrogen-bond donors (Lipinski definition) is 2. The molecular weight excluding hydrogens is 371 g/mol. The molecular formula is C19H16Cl2N4O. The van der Waals surface area contributed by atoms with Crippen LogP contribution < -0.4 is 10.6 Å². The van der Waals surface area contributed by atoms with Crippen molar-refractivity contribution < 1.29 is 4.79 Å². The number of rotatable bonds is 5. The quantitative estimate of drug-likeness (QED) is 0.662. The lowest BCUT2D eigenvalue weighted by atomic mass is 10.2. The summed E-state index contributed by atoms with van der Waals surface area (Å²) in [5, 5.41) is 7.21. The van der Waals surface area contributed by atoms with Crippen LogP contribution >= 0.6 is 23.2 Å². The molecule has 0 atom stereocenters. The molecule has 0 fully saturated rings. The summed E-state index contributed by atoms with van der Waals surface area (Å²) in [6.07, 6.45) is 1.53. The van der Waals surface area contributed by atoms with Crippen LogP contribution in [-0.2, 0) is 6.54 Å². The maximum absolute atomic E-state index is 12.3. The minimum absolute atomic E-state index is 0.274. The lowest BCUT2D eigenvalue weighted by molar-refractivity contribution is 0.0946. The number of anilines is 2. The Morgan fingerprint density at radius 3 is 2.62 bits per heavy atom. The van der Waals surface area contributed by atoms with E-state index in [1.165, 1.54) is 6.20 Å². The van der Waals surface area contributed by atoms with Crippen LogP contribution in [0.5, 0.6) is 0 Å². The third-order valence-electron chi connectivity index (χ3n) is 3.77. The molecule has 0 saturated heterocycles.